The van der Waals surface area contributed by atoms with Crippen molar-refractivity contribution in [3.05, 3.63) is 52.3 Å². The molecule has 1 fully saturated rings. The molecule has 0 radical (unpaired) electrons. The van der Waals surface area contributed by atoms with Gasteiger partial charge in [0.2, 0.25) is 0 Å². The van der Waals surface area contributed by atoms with Crippen LogP contribution in [0.5, 0.6) is 0 Å². The van der Waals surface area contributed by atoms with Crippen LogP contribution in [0.15, 0.2) is 30.3 Å². The zero-order valence-corrected chi connectivity index (χ0v) is 17.8. The second-order valence-electron chi connectivity index (χ2n) is 8.24. The first kappa shape index (κ1) is 19.8. The van der Waals surface area contributed by atoms with E-state index >= 15 is 0 Å². The Labute approximate surface area is 175 Å². The Bertz CT molecular complexity index is 1050. The molecule has 0 aliphatic carbocycles. The number of aryl methyl sites for hydroxylation is 1. The number of aromatic amines is 1. The molecular weight excluding hydrogens is 386 g/mol. The van der Waals surface area contributed by atoms with Gasteiger partial charge in [0.15, 0.2) is 0 Å². The number of hydrogen-bond acceptors (Lipinski definition) is 2. The van der Waals surface area contributed by atoms with Gasteiger partial charge in [0, 0.05) is 35.2 Å². The monoisotopic (exact) mass is 411 g/mol. The molecule has 0 atom stereocenters. The number of piperidine rings is 1. The summed E-state index contributed by atoms with van der Waals surface area (Å²) in [5.74, 6) is 0.737. The van der Waals surface area contributed by atoms with Gasteiger partial charge in [-0.3, -0.25) is 0 Å². The molecule has 1 aliphatic rings. The lowest BCUT2D eigenvalue weighted by molar-refractivity contribution is 0.132. The smallest absolute Gasteiger partial charge is 0.407 e. The molecule has 1 aromatic carbocycles. The number of aromatic nitrogens is 2. The summed E-state index contributed by atoms with van der Waals surface area (Å²) in [7, 11) is 0. The number of carboxylic acid groups (broad SMARTS) is 1. The van der Waals surface area contributed by atoms with E-state index in [-0.39, 0.29) is 0 Å². The SMILES string of the molecule is Cc1cc(-c2[nH]c3ccc(C4CCN(C(=O)O)CC4)cc3c2C(C)C)cc(Cl)n1. The summed E-state index contributed by atoms with van der Waals surface area (Å²) in [6.07, 6.45) is 0.916. The molecule has 1 amide bonds. The second kappa shape index (κ2) is 7.71. The van der Waals surface area contributed by atoms with Crippen molar-refractivity contribution in [2.75, 3.05) is 13.1 Å². The normalized spacial score (nSPS) is 15.4. The molecule has 3 heterocycles. The second-order valence-corrected chi connectivity index (χ2v) is 8.62. The van der Waals surface area contributed by atoms with Crippen molar-refractivity contribution in [2.24, 2.45) is 0 Å². The molecule has 1 aliphatic heterocycles. The molecule has 2 aromatic heterocycles. The number of nitrogens with zero attached hydrogens (tertiary/aromatic N) is 2. The van der Waals surface area contributed by atoms with Crippen LogP contribution in [0.3, 0.4) is 0 Å². The van der Waals surface area contributed by atoms with Crippen molar-refractivity contribution in [3.8, 4) is 11.3 Å². The summed E-state index contributed by atoms with van der Waals surface area (Å²) < 4.78 is 0. The van der Waals surface area contributed by atoms with Crippen molar-refractivity contribution in [2.45, 2.75) is 45.4 Å². The van der Waals surface area contributed by atoms with Gasteiger partial charge in [-0.15, -0.1) is 0 Å². The zero-order valence-electron chi connectivity index (χ0n) is 17.0. The van der Waals surface area contributed by atoms with E-state index in [9.17, 15) is 9.90 Å². The number of carbonyl (C=O) groups is 1. The average molecular weight is 412 g/mol. The maximum atomic E-state index is 11.2. The number of benzene rings is 1. The van der Waals surface area contributed by atoms with Gasteiger partial charge >= 0.3 is 6.09 Å². The summed E-state index contributed by atoms with van der Waals surface area (Å²) >= 11 is 6.22. The number of nitrogens with one attached hydrogen (secondary N) is 1. The largest absolute Gasteiger partial charge is 0.465 e. The minimum atomic E-state index is -0.817. The molecule has 3 aromatic rings. The van der Waals surface area contributed by atoms with Crippen LogP contribution in [0.25, 0.3) is 22.2 Å². The van der Waals surface area contributed by atoms with Crippen molar-refractivity contribution in [1.82, 2.24) is 14.9 Å². The Morgan fingerprint density at radius 3 is 2.59 bits per heavy atom. The first-order chi connectivity index (χ1) is 13.8. The van der Waals surface area contributed by atoms with E-state index in [1.807, 2.05) is 13.0 Å². The van der Waals surface area contributed by atoms with Gasteiger partial charge in [-0.2, -0.15) is 0 Å². The molecule has 5 nitrogen and oxygen atoms in total. The highest BCUT2D eigenvalue weighted by Gasteiger charge is 2.24. The van der Waals surface area contributed by atoms with E-state index in [0.717, 1.165) is 35.3 Å². The van der Waals surface area contributed by atoms with Gasteiger partial charge in [-0.1, -0.05) is 31.5 Å². The molecule has 0 unspecified atom stereocenters. The predicted molar refractivity (Wildman–Crippen MR) is 117 cm³/mol. The van der Waals surface area contributed by atoms with Crippen LogP contribution in [0, 0.1) is 6.92 Å². The Balaban J connectivity index is 1.75. The lowest BCUT2D eigenvalue weighted by atomic mass is 9.87. The van der Waals surface area contributed by atoms with E-state index in [4.69, 9.17) is 11.6 Å². The van der Waals surface area contributed by atoms with E-state index in [1.165, 1.54) is 21.4 Å². The molecule has 2 N–H and O–H groups in total. The summed E-state index contributed by atoms with van der Waals surface area (Å²) in [5, 5.41) is 10.9. The number of hydrogen-bond donors (Lipinski definition) is 2. The van der Waals surface area contributed by atoms with Gasteiger partial charge in [-0.05, 0) is 67.0 Å². The fourth-order valence-corrected chi connectivity index (χ4v) is 4.74. The van der Waals surface area contributed by atoms with E-state index < -0.39 is 6.09 Å². The highest BCUT2D eigenvalue weighted by molar-refractivity contribution is 6.29. The quantitative estimate of drug-likeness (QED) is 0.506. The zero-order chi connectivity index (χ0) is 20.7. The third kappa shape index (κ3) is 3.84. The fraction of sp³-hybridized carbons (Fsp3) is 0.391. The highest BCUT2D eigenvalue weighted by Crippen LogP contribution is 2.38. The van der Waals surface area contributed by atoms with E-state index in [2.05, 4.69) is 48.1 Å². The van der Waals surface area contributed by atoms with Crippen molar-refractivity contribution >= 4 is 28.6 Å². The molecule has 29 heavy (non-hydrogen) atoms. The molecule has 4 rings (SSSR count). The van der Waals surface area contributed by atoms with Crippen molar-refractivity contribution in [1.29, 1.82) is 0 Å². The van der Waals surface area contributed by atoms with Crippen LogP contribution < -0.4 is 0 Å². The number of fused-ring (bicyclic) bond motifs is 1. The van der Waals surface area contributed by atoms with Gasteiger partial charge in [0.05, 0.1) is 5.69 Å². The number of H-pyrrole nitrogens is 1. The Hall–Kier alpha value is -2.53. The average Bonchev–Trinajstić information content (AvgIpc) is 3.06. The molecule has 0 bridgehead atoms. The van der Waals surface area contributed by atoms with Gasteiger partial charge in [0.1, 0.15) is 5.15 Å². The fourth-order valence-electron chi connectivity index (χ4n) is 4.49. The standard InChI is InChI=1S/C23H26ClN3O2/c1-13(2)21-18-11-16(15-6-8-27(9-7-15)23(28)29)4-5-19(18)26-22(21)17-10-14(3)25-20(24)12-17/h4-5,10-13,15,26H,6-9H2,1-3H3,(H,28,29). The maximum absolute atomic E-state index is 11.2. The minimum Gasteiger partial charge on any atom is -0.465 e. The summed E-state index contributed by atoms with van der Waals surface area (Å²) in [6, 6.07) is 10.6. The maximum Gasteiger partial charge on any atom is 0.407 e. The Morgan fingerprint density at radius 1 is 1.24 bits per heavy atom. The lowest BCUT2D eigenvalue weighted by Gasteiger charge is -2.30. The number of rotatable bonds is 3. The van der Waals surface area contributed by atoms with Crippen molar-refractivity contribution < 1.29 is 9.90 Å². The Morgan fingerprint density at radius 2 is 1.97 bits per heavy atom. The number of likely N-dealkylation sites (tertiary alicyclic amines) is 1. The topological polar surface area (TPSA) is 69.2 Å². The van der Waals surface area contributed by atoms with Crippen LogP contribution in [-0.2, 0) is 0 Å². The van der Waals surface area contributed by atoms with E-state index in [1.54, 1.807) is 0 Å². The molecule has 0 saturated carbocycles. The van der Waals surface area contributed by atoms with E-state index in [0.29, 0.717) is 30.1 Å². The summed E-state index contributed by atoms with van der Waals surface area (Å²) in [5.41, 5.74) is 6.73. The summed E-state index contributed by atoms with van der Waals surface area (Å²) in [4.78, 5) is 20.6. The summed E-state index contributed by atoms with van der Waals surface area (Å²) in [6.45, 7) is 7.57. The number of halogens is 1. The number of pyridine rings is 1. The lowest BCUT2D eigenvalue weighted by Crippen LogP contribution is -2.36. The Kier molecular flexibility index (Phi) is 5.26. The van der Waals surface area contributed by atoms with Gasteiger partial charge < -0.3 is 15.0 Å². The van der Waals surface area contributed by atoms with Crippen molar-refractivity contribution in [3.63, 3.8) is 0 Å². The van der Waals surface area contributed by atoms with Crippen LogP contribution in [0.2, 0.25) is 5.15 Å². The van der Waals surface area contributed by atoms with Crippen LogP contribution in [0.4, 0.5) is 4.79 Å². The molecule has 1 saturated heterocycles. The van der Waals surface area contributed by atoms with Gasteiger partial charge in [-0.25, -0.2) is 9.78 Å². The number of amides is 1. The third-order valence-corrected chi connectivity index (χ3v) is 6.08. The van der Waals surface area contributed by atoms with Crippen LogP contribution >= 0.6 is 11.6 Å². The minimum absolute atomic E-state index is 0.343. The predicted octanol–water partition coefficient (Wildman–Crippen LogP) is 6.17. The van der Waals surface area contributed by atoms with Crippen LogP contribution in [-0.4, -0.2) is 39.2 Å². The van der Waals surface area contributed by atoms with Crippen LogP contribution in [0.1, 0.15) is 55.3 Å². The first-order valence-corrected chi connectivity index (χ1v) is 10.5. The third-order valence-electron chi connectivity index (χ3n) is 5.89. The van der Waals surface area contributed by atoms with Gasteiger partial charge in [0.25, 0.3) is 0 Å². The molecular formula is C23H26ClN3O2. The highest BCUT2D eigenvalue weighted by atomic mass is 35.5. The molecule has 6 heteroatoms. The molecule has 0 spiro atoms. The molecule has 152 valence electrons. The first-order valence-electron chi connectivity index (χ1n) is 10.1.